The van der Waals surface area contributed by atoms with E-state index in [0.717, 1.165) is 24.1 Å². The zero-order chi connectivity index (χ0) is 14.5. The molecule has 20 heavy (non-hydrogen) atoms. The number of rotatable bonds is 5. The van der Waals surface area contributed by atoms with Crippen molar-refractivity contribution in [1.82, 2.24) is 5.32 Å². The Balaban J connectivity index is 2.33. The summed E-state index contributed by atoms with van der Waals surface area (Å²) in [6, 6.07) is 9.90. The molecule has 0 aliphatic heterocycles. The third kappa shape index (κ3) is 3.23. The first-order chi connectivity index (χ1) is 9.63. The second-order valence-electron chi connectivity index (χ2n) is 4.90. The molecule has 0 spiro atoms. The Hall–Kier alpha value is -1.74. The van der Waals surface area contributed by atoms with E-state index in [2.05, 4.69) is 12.2 Å². The van der Waals surface area contributed by atoms with Crippen LogP contribution < -0.4 is 5.32 Å². The largest absolute Gasteiger partial charge is 0.313 e. The number of nitrogens with one attached hydrogen (secondary N) is 1. The van der Waals surface area contributed by atoms with Crippen LogP contribution in [0.1, 0.15) is 24.5 Å². The molecule has 0 fully saturated rings. The maximum Gasteiger partial charge on any atom is 0.127 e. The third-order valence-corrected chi connectivity index (χ3v) is 3.37. The second-order valence-corrected chi connectivity index (χ2v) is 4.90. The van der Waals surface area contributed by atoms with Crippen LogP contribution in [0.5, 0.6) is 0 Å². The van der Waals surface area contributed by atoms with Gasteiger partial charge in [0.05, 0.1) is 0 Å². The van der Waals surface area contributed by atoms with Crippen molar-refractivity contribution >= 4 is 0 Å². The van der Waals surface area contributed by atoms with Gasteiger partial charge < -0.3 is 5.32 Å². The van der Waals surface area contributed by atoms with Gasteiger partial charge in [0.1, 0.15) is 11.6 Å². The quantitative estimate of drug-likeness (QED) is 0.795. The van der Waals surface area contributed by atoms with Crippen molar-refractivity contribution in [1.29, 1.82) is 0 Å². The molecule has 0 saturated carbocycles. The average molecular weight is 275 g/mol. The number of halogens is 2. The molecule has 0 aromatic heterocycles. The van der Waals surface area contributed by atoms with Gasteiger partial charge in [0.2, 0.25) is 0 Å². The average Bonchev–Trinajstić information content (AvgIpc) is 2.44. The van der Waals surface area contributed by atoms with E-state index in [1.807, 2.05) is 6.07 Å². The molecule has 0 radical (unpaired) electrons. The molecule has 0 bridgehead atoms. The molecule has 106 valence electrons. The molecule has 0 amide bonds. The molecular weight excluding hydrogens is 256 g/mol. The first kappa shape index (κ1) is 14.7. The second kappa shape index (κ2) is 6.62. The van der Waals surface area contributed by atoms with E-state index in [9.17, 15) is 8.78 Å². The summed E-state index contributed by atoms with van der Waals surface area (Å²) in [6.07, 6.45) is 1.00. The van der Waals surface area contributed by atoms with Gasteiger partial charge in [-0.05, 0) is 54.8 Å². The lowest BCUT2D eigenvalue weighted by Crippen LogP contribution is -2.14. The summed E-state index contributed by atoms with van der Waals surface area (Å²) in [5.74, 6) is -0.469. The molecule has 0 saturated heterocycles. The standard InChI is InChI=1S/C17H19F2N/c1-3-9-20-11-14-10-13(7-8-17(14)19)15-5-4-6-16(18)12(15)2/h4-8,10,20H,3,9,11H2,1-2H3. The van der Waals surface area contributed by atoms with Crippen molar-refractivity contribution in [3.63, 3.8) is 0 Å². The molecule has 2 rings (SSSR count). The van der Waals surface area contributed by atoms with Gasteiger partial charge in [-0.1, -0.05) is 25.1 Å². The maximum absolute atomic E-state index is 13.8. The number of hydrogen-bond donors (Lipinski definition) is 1. The topological polar surface area (TPSA) is 12.0 Å². The molecule has 3 heteroatoms. The lowest BCUT2D eigenvalue weighted by Gasteiger charge is -2.10. The van der Waals surface area contributed by atoms with E-state index in [0.29, 0.717) is 17.7 Å². The molecule has 2 aromatic carbocycles. The Bertz CT molecular complexity index is 594. The van der Waals surface area contributed by atoms with E-state index in [1.165, 1.54) is 12.1 Å². The molecule has 1 N–H and O–H groups in total. The SMILES string of the molecule is CCCNCc1cc(-c2cccc(F)c2C)ccc1F. The fraction of sp³-hybridized carbons (Fsp3) is 0.294. The normalized spacial score (nSPS) is 10.8. The summed E-state index contributed by atoms with van der Waals surface area (Å²) >= 11 is 0. The van der Waals surface area contributed by atoms with Gasteiger partial charge in [-0.3, -0.25) is 0 Å². The van der Waals surface area contributed by atoms with Crippen LogP contribution in [0.4, 0.5) is 8.78 Å². The van der Waals surface area contributed by atoms with Gasteiger partial charge in [0.15, 0.2) is 0 Å². The van der Waals surface area contributed by atoms with Crippen molar-refractivity contribution in [3.05, 3.63) is 59.2 Å². The molecule has 1 nitrogen and oxygen atoms in total. The summed E-state index contributed by atoms with van der Waals surface area (Å²) < 4.78 is 27.4. The summed E-state index contributed by atoms with van der Waals surface area (Å²) in [5.41, 5.74) is 2.85. The van der Waals surface area contributed by atoms with Crippen LogP contribution in [0.3, 0.4) is 0 Å². The van der Waals surface area contributed by atoms with E-state index in [1.54, 1.807) is 25.1 Å². The summed E-state index contributed by atoms with van der Waals surface area (Å²) in [6.45, 7) is 5.14. The highest BCUT2D eigenvalue weighted by Gasteiger charge is 2.09. The molecular formula is C17H19F2N. The van der Waals surface area contributed by atoms with E-state index < -0.39 is 0 Å². The minimum atomic E-state index is -0.238. The van der Waals surface area contributed by atoms with Crippen molar-refractivity contribution in [2.45, 2.75) is 26.8 Å². The third-order valence-electron chi connectivity index (χ3n) is 3.37. The molecule has 0 aliphatic carbocycles. The summed E-state index contributed by atoms with van der Waals surface area (Å²) in [4.78, 5) is 0. The van der Waals surface area contributed by atoms with Crippen molar-refractivity contribution in [2.24, 2.45) is 0 Å². The predicted molar refractivity (Wildman–Crippen MR) is 78.5 cm³/mol. The van der Waals surface area contributed by atoms with Crippen LogP contribution in [0, 0.1) is 18.6 Å². The highest BCUT2D eigenvalue weighted by Crippen LogP contribution is 2.26. The molecule has 0 aliphatic rings. The lowest BCUT2D eigenvalue weighted by atomic mass is 9.98. The maximum atomic E-state index is 13.8. The van der Waals surface area contributed by atoms with E-state index >= 15 is 0 Å². The van der Waals surface area contributed by atoms with Crippen molar-refractivity contribution < 1.29 is 8.78 Å². The van der Waals surface area contributed by atoms with Crippen molar-refractivity contribution in [2.75, 3.05) is 6.54 Å². The first-order valence-electron chi connectivity index (χ1n) is 6.88. The minimum absolute atomic E-state index is 0.230. The van der Waals surface area contributed by atoms with Gasteiger partial charge in [0.25, 0.3) is 0 Å². The van der Waals surface area contributed by atoms with E-state index in [4.69, 9.17) is 0 Å². The molecule has 2 aromatic rings. The lowest BCUT2D eigenvalue weighted by molar-refractivity contribution is 0.587. The zero-order valence-corrected chi connectivity index (χ0v) is 11.8. The monoisotopic (exact) mass is 275 g/mol. The molecule has 0 unspecified atom stereocenters. The summed E-state index contributed by atoms with van der Waals surface area (Å²) in [5, 5.41) is 3.18. The van der Waals surface area contributed by atoms with Gasteiger partial charge in [-0.15, -0.1) is 0 Å². The van der Waals surface area contributed by atoms with Crippen LogP contribution >= 0.6 is 0 Å². The van der Waals surface area contributed by atoms with Crippen molar-refractivity contribution in [3.8, 4) is 11.1 Å². The number of benzene rings is 2. The Labute approximate surface area is 118 Å². The van der Waals surface area contributed by atoms with Crippen LogP contribution in [-0.4, -0.2) is 6.54 Å². The Morgan fingerprint density at radius 3 is 2.60 bits per heavy atom. The predicted octanol–water partition coefficient (Wildman–Crippen LogP) is 4.44. The van der Waals surface area contributed by atoms with Gasteiger partial charge >= 0.3 is 0 Å². The van der Waals surface area contributed by atoms with Crippen LogP contribution in [-0.2, 0) is 6.54 Å². The van der Waals surface area contributed by atoms with E-state index in [-0.39, 0.29) is 11.6 Å². The minimum Gasteiger partial charge on any atom is -0.313 e. The fourth-order valence-corrected chi connectivity index (χ4v) is 2.20. The Morgan fingerprint density at radius 1 is 1.05 bits per heavy atom. The van der Waals surface area contributed by atoms with Crippen LogP contribution in [0.2, 0.25) is 0 Å². The first-order valence-corrected chi connectivity index (χ1v) is 6.88. The highest BCUT2D eigenvalue weighted by atomic mass is 19.1. The summed E-state index contributed by atoms with van der Waals surface area (Å²) in [7, 11) is 0. The smallest absolute Gasteiger partial charge is 0.127 e. The molecule has 0 atom stereocenters. The Morgan fingerprint density at radius 2 is 1.85 bits per heavy atom. The van der Waals surface area contributed by atoms with Gasteiger partial charge in [-0.25, -0.2) is 8.78 Å². The zero-order valence-electron chi connectivity index (χ0n) is 11.8. The Kier molecular flexibility index (Phi) is 4.85. The van der Waals surface area contributed by atoms with Gasteiger partial charge in [-0.2, -0.15) is 0 Å². The fourth-order valence-electron chi connectivity index (χ4n) is 2.20. The van der Waals surface area contributed by atoms with Crippen LogP contribution in [0.15, 0.2) is 36.4 Å². The number of hydrogen-bond acceptors (Lipinski definition) is 1. The van der Waals surface area contributed by atoms with Gasteiger partial charge in [0, 0.05) is 12.1 Å². The van der Waals surface area contributed by atoms with Crippen LogP contribution in [0.25, 0.3) is 11.1 Å². The molecule has 0 heterocycles. The highest BCUT2D eigenvalue weighted by molar-refractivity contribution is 5.68.